The predicted molar refractivity (Wildman–Crippen MR) is 128 cm³/mol. The molecule has 2 aromatic heterocycles. The Bertz CT molecular complexity index is 1120. The number of hydrogen-bond donors (Lipinski definition) is 0. The fourth-order valence-corrected chi connectivity index (χ4v) is 4.53. The molecule has 0 bridgehead atoms. The highest BCUT2D eigenvalue weighted by molar-refractivity contribution is 5.95. The molecule has 1 aliphatic rings. The molecule has 0 radical (unpaired) electrons. The summed E-state index contributed by atoms with van der Waals surface area (Å²) in [5.41, 5.74) is 4.00. The molecule has 0 spiro atoms. The van der Waals surface area contributed by atoms with E-state index in [0.717, 1.165) is 41.4 Å². The monoisotopic (exact) mass is 446 g/mol. The Hall–Kier alpha value is -3.61. The first-order valence-corrected chi connectivity index (χ1v) is 11.4. The molecule has 1 aromatic carbocycles. The Morgan fingerprint density at radius 2 is 1.67 bits per heavy atom. The van der Waals surface area contributed by atoms with Crippen LogP contribution in [0.25, 0.3) is 11.3 Å². The summed E-state index contributed by atoms with van der Waals surface area (Å²) < 4.78 is 7.27. The molecule has 0 unspecified atom stereocenters. The van der Waals surface area contributed by atoms with Crippen molar-refractivity contribution in [3.63, 3.8) is 0 Å². The van der Waals surface area contributed by atoms with Crippen LogP contribution >= 0.6 is 0 Å². The number of anilines is 1. The highest BCUT2D eigenvalue weighted by atomic mass is 16.5. The van der Waals surface area contributed by atoms with E-state index < -0.39 is 0 Å². The fraction of sp³-hybridized carbons (Fsp3) is 0.346. The molecule has 7 heteroatoms. The first-order chi connectivity index (χ1) is 16.0. The fourth-order valence-electron chi connectivity index (χ4n) is 4.53. The van der Waals surface area contributed by atoms with Gasteiger partial charge >= 0.3 is 5.97 Å². The smallest absolute Gasteiger partial charge is 0.340 e. The number of pyridine rings is 1. The number of carbonyl (C=O) groups excluding carboxylic acids is 2. The van der Waals surface area contributed by atoms with Crippen molar-refractivity contribution in [2.75, 3.05) is 37.7 Å². The van der Waals surface area contributed by atoms with Gasteiger partial charge in [-0.3, -0.25) is 4.79 Å². The average Bonchev–Trinajstić information content (AvgIpc) is 3.09. The summed E-state index contributed by atoms with van der Waals surface area (Å²) in [6.07, 6.45) is 1.79. The highest BCUT2D eigenvalue weighted by Gasteiger charge is 2.28. The van der Waals surface area contributed by atoms with E-state index in [9.17, 15) is 9.59 Å². The molecule has 1 amide bonds. The Morgan fingerprint density at radius 1 is 0.970 bits per heavy atom. The molecular weight excluding hydrogens is 416 g/mol. The summed E-state index contributed by atoms with van der Waals surface area (Å²) in [6.45, 7) is 8.86. The van der Waals surface area contributed by atoms with E-state index in [4.69, 9.17) is 4.74 Å². The van der Waals surface area contributed by atoms with Crippen molar-refractivity contribution < 1.29 is 14.3 Å². The molecule has 0 atom stereocenters. The van der Waals surface area contributed by atoms with Crippen molar-refractivity contribution in [2.24, 2.45) is 0 Å². The maximum atomic E-state index is 13.3. The van der Waals surface area contributed by atoms with Gasteiger partial charge in [-0.25, -0.2) is 9.78 Å². The third-order valence-corrected chi connectivity index (χ3v) is 6.19. The van der Waals surface area contributed by atoms with E-state index in [1.165, 1.54) is 0 Å². The molecule has 3 aromatic rings. The maximum absolute atomic E-state index is 13.3. The summed E-state index contributed by atoms with van der Waals surface area (Å²) in [5.74, 6) is 0.633. The van der Waals surface area contributed by atoms with Crippen LogP contribution in [0.2, 0.25) is 0 Å². The van der Waals surface area contributed by atoms with Gasteiger partial charge in [0.05, 0.1) is 17.9 Å². The summed E-state index contributed by atoms with van der Waals surface area (Å²) in [6, 6.07) is 15.8. The molecule has 0 saturated carbocycles. The first-order valence-electron chi connectivity index (χ1n) is 11.4. The van der Waals surface area contributed by atoms with E-state index in [2.05, 4.69) is 9.88 Å². The lowest BCUT2D eigenvalue weighted by molar-refractivity contribution is -0.132. The molecule has 0 N–H and O–H groups in total. The molecule has 1 aliphatic heterocycles. The van der Waals surface area contributed by atoms with E-state index in [1.807, 2.05) is 71.8 Å². The van der Waals surface area contributed by atoms with Crippen molar-refractivity contribution >= 4 is 17.7 Å². The Balaban J connectivity index is 1.58. The van der Waals surface area contributed by atoms with Gasteiger partial charge in [0.1, 0.15) is 12.4 Å². The van der Waals surface area contributed by atoms with Crippen LogP contribution in [0.1, 0.15) is 28.5 Å². The number of hydrogen-bond acceptors (Lipinski definition) is 5. The second-order valence-corrected chi connectivity index (χ2v) is 8.16. The van der Waals surface area contributed by atoms with Gasteiger partial charge in [0.2, 0.25) is 5.91 Å². The van der Waals surface area contributed by atoms with Crippen molar-refractivity contribution in [3.8, 4) is 11.3 Å². The van der Waals surface area contributed by atoms with Crippen LogP contribution in [-0.2, 0) is 16.1 Å². The molecule has 1 fully saturated rings. The number of carbonyl (C=O) groups is 2. The molecule has 0 aliphatic carbocycles. The van der Waals surface area contributed by atoms with Crippen molar-refractivity contribution in [1.29, 1.82) is 0 Å². The van der Waals surface area contributed by atoms with Gasteiger partial charge in [-0.05, 0) is 44.0 Å². The van der Waals surface area contributed by atoms with E-state index in [0.29, 0.717) is 25.3 Å². The third kappa shape index (κ3) is 4.62. The van der Waals surface area contributed by atoms with Crippen LogP contribution < -0.4 is 4.90 Å². The predicted octanol–water partition coefficient (Wildman–Crippen LogP) is 3.69. The largest absolute Gasteiger partial charge is 0.462 e. The lowest BCUT2D eigenvalue weighted by Gasteiger charge is -2.35. The van der Waals surface area contributed by atoms with E-state index >= 15 is 0 Å². The van der Waals surface area contributed by atoms with Crippen molar-refractivity contribution in [2.45, 2.75) is 27.3 Å². The maximum Gasteiger partial charge on any atom is 0.340 e. The van der Waals surface area contributed by atoms with Gasteiger partial charge in [0.15, 0.2) is 0 Å². The summed E-state index contributed by atoms with van der Waals surface area (Å²) >= 11 is 0. The van der Waals surface area contributed by atoms with Crippen molar-refractivity contribution in [3.05, 3.63) is 71.5 Å². The van der Waals surface area contributed by atoms with Gasteiger partial charge in [-0.1, -0.05) is 36.4 Å². The normalized spacial score (nSPS) is 13.8. The third-order valence-electron chi connectivity index (χ3n) is 6.19. The van der Waals surface area contributed by atoms with Gasteiger partial charge in [0, 0.05) is 38.1 Å². The number of benzene rings is 1. The van der Waals surface area contributed by atoms with Crippen LogP contribution in [0.15, 0.2) is 54.7 Å². The zero-order valence-electron chi connectivity index (χ0n) is 19.5. The van der Waals surface area contributed by atoms with Gasteiger partial charge in [-0.15, -0.1) is 0 Å². The minimum Gasteiger partial charge on any atom is -0.462 e. The van der Waals surface area contributed by atoms with Gasteiger partial charge in [-0.2, -0.15) is 0 Å². The summed E-state index contributed by atoms with van der Waals surface area (Å²) in [4.78, 5) is 34.5. The summed E-state index contributed by atoms with van der Waals surface area (Å²) in [7, 11) is 0. The van der Waals surface area contributed by atoms with Gasteiger partial charge in [0.25, 0.3) is 0 Å². The topological polar surface area (TPSA) is 67.7 Å². The van der Waals surface area contributed by atoms with Crippen LogP contribution in [0, 0.1) is 13.8 Å². The Labute approximate surface area is 194 Å². The van der Waals surface area contributed by atoms with Crippen LogP contribution in [-0.4, -0.2) is 59.1 Å². The number of nitrogens with zero attached hydrogens (tertiary/aromatic N) is 4. The van der Waals surface area contributed by atoms with Crippen LogP contribution in [0.3, 0.4) is 0 Å². The number of piperazine rings is 1. The average molecular weight is 447 g/mol. The zero-order chi connectivity index (χ0) is 23.4. The van der Waals surface area contributed by atoms with Gasteiger partial charge < -0.3 is 19.1 Å². The quantitative estimate of drug-likeness (QED) is 0.540. The van der Waals surface area contributed by atoms with Crippen molar-refractivity contribution in [1.82, 2.24) is 14.5 Å². The Kier molecular flexibility index (Phi) is 6.77. The lowest BCUT2D eigenvalue weighted by atomic mass is 10.1. The molecule has 7 nitrogen and oxygen atoms in total. The number of amides is 1. The minimum atomic E-state index is -0.347. The number of esters is 1. The molecule has 33 heavy (non-hydrogen) atoms. The standard InChI is InChI=1S/C26H30N4O3/c1-4-33-26(32)24-19(2)25(21-10-6-5-7-11-21)30(20(24)3)18-23(31)29-16-14-28(15-17-29)22-12-8-9-13-27-22/h5-13H,4,14-18H2,1-3H3. The summed E-state index contributed by atoms with van der Waals surface area (Å²) in [5, 5.41) is 0. The zero-order valence-corrected chi connectivity index (χ0v) is 19.5. The molecule has 172 valence electrons. The van der Waals surface area contributed by atoms with Crippen LogP contribution in [0.5, 0.6) is 0 Å². The number of ether oxygens (including phenoxy) is 1. The first kappa shape index (κ1) is 22.6. The SMILES string of the molecule is CCOC(=O)c1c(C)c(-c2ccccc2)n(CC(=O)N2CCN(c3ccccn3)CC2)c1C. The molecular formula is C26H30N4O3. The van der Waals surface area contributed by atoms with E-state index in [-0.39, 0.29) is 18.4 Å². The molecule has 4 rings (SSSR count). The molecule has 1 saturated heterocycles. The minimum absolute atomic E-state index is 0.0429. The second-order valence-electron chi connectivity index (χ2n) is 8.16. The number of rotatable bonds is 6. The lowest BCUT2D eigenvalue weighted by Crippen LogP contribution is -2.49. The van der Waals surface area contributed by atoms with E-state index in [1.54, 1.807) is 13.1 Å². The number of aromatic nitrogens is 2. The molecule has 3 heterocycles. The Morgan fingerprint density at radius 3 is 2.30 bits per heavy atom. The second kappa shape index (κ2) is 9.90. The van der Waals surface area contributed by atoms with Crippen LogP contribution in [0.4, 0.5) is 5.82 Å². The highest BCUT2D eigenvalue weighted by Crippen LogP contribution is 2.32.